The maximum absolute atomic E-state index is 12.6. The second kappa shape index (κ2) is 6.77. The number of rotatable bonds is 4. The van der Waals surface area contributed by atoms with Crippen LogP contribution in [0.15, 0.2) is 52.9 Å². The van der Waals surface area contributed by atoms with Gasteiger partial charge in [0.15, 0.2) is 0 Å². The zero-order chi connectivity index (χ0) is 17.3. The van der Waals surface area contributed by atoms with Gasteiger partial charge in [-0.1, -0.05) is 31.4 Å². The molecule has 25 heavy (non-hydrogen) atoms. The summed E-state index contributed by atoms with van der Waals surface area (Å²) >= 11 is 1.50. The quantitative estimate of drug-likeness (QED) is 0.689. The van der Waals surface area contributed by atoms with Gasteiger partial charge in [-0.05, 0) is 54.7 Å². The van der Waals surface area contributed by atoms with Gasteiger partial charge in [0.25, 0.3) is 10.0 Å². The van der Waals surface area contributed by atoms with Crippen LogP contribution in [-0.4, -0.2) is 13.4 Å². The summed E-state index contributed by atoms with van der Waals surface area (Å²) in [6, 6.07) is 12.8. The van der Waals surface area contributed by atoms with Gasteiger partial charge in [-0.2, -0.15) is 0 Å². The Balaban J connectivity index is 1.54. The topological polar surface area (TPSA) is 59.1 Å². The average molecular weight is 373 g/mol. The molecule has 1 heterocycles. The molecule has 4 rings (SSSR count). The summed E-state index contributed by atoms with van der Waals surface area (Å²) in [5.41, 5.74) is 4.45. The lowest BCUT2D eigenvalue weighted by Crippen LogP contribution is -2.13. The first kappa shape index (κ1) is 16.5. The molecule has 1 aliphatic carbocycles. The van der Waals surface area contributed by atoms with Crippen LogP contribution in [0.5, 0.6) is 0 Å². The van der Waals surface area contributed by atoms with Crippen molar-refractivity contribution in [3.8, 4) is 0 Å². The summed E-state index contributed by atoms with van der Waals surface area (Å²) in [4.78, 5) is 4.51. The van der Waals surface area contributed by atoms with E-state index in [-0.39, 0.29) is 0 Å². The largest absolute Gasteiger partial charge is 0.280 e. The lowest BCUT2D eigenvalue weighted by Gasteiger charge is -2.22. The normalized spacial score (nSPS) is 16.2. The Bertz CT molecular complexity index is 972. The van der Waals surface area contributed by atoms with E-state index < -0.39 is 10.0 Å². The Kier molecular flexibility index (Phi) is 4.48. The van der Waals surface area contributed by atoms with Gasteiger partial charge in [-0.15, -0.1) is 11.3 Å². The van der Waals surface area contributed by atoms with Crippen LogP contribution in [0, 0.1) is 0 Å². The summed E-state index contributed by atoms with van der Waals surface area (Å²) in [6.45, 7) is 0. The van der Waals surface area contributed by atoms with Crippen molar-refractivity contribution in [2.75, 3.05) is 4.72 Å². The molecule has 0 bridgehead atoms. The third kappa shape index (κ3) is 3.55. The van der Waals surface area contributed by atoms with Crippen molar-refractivity contribution >= 4 is 37.3 Å². The molecule has 0 aliphatic heterocycles. The second-order valence-electron chi connectivity index (χ2n) is 6.54. The Morgan fingerprint density at radius 1 is 1.00 bits per heavy atom. The number of nitrogens with one attached hydrogen (secondary N) is 1. The van der Waals surface area contributed by atoms with Crippen LogP contribution in [-0.2, 0) is 10.0 Å². The zero-order valence-corrected chi connectivity index (χ0v) is 15.4. The third-order valence-corrected chi connectivity index (χ3v) is 7.04. The molecule has 1 aromatic heterocycles. The third-order valence-electron chi connectivity index (χ3n) is 4.85. The van der Waals surface area contributed by atoms with E-state index in [1.807, 2.05) is 24.3 Å². The molecule has 1 saturated carbocycles. The minimum atomic E-state index is -3.58. The highest BCUT2D eigenvalue weighted by Gasteiger charge is 2.18. The van der Waals surface area contributed by atoms with E-state index in [0.29, 0.717) is 16.5 Å². The smallest absolute Gasteiger partial charge is 0.261 e. The van der Waals surface area contributed by atoms with E-state index in [4.69, 9.17) is 0 Å². The monoisotopic (exact) mass is 372 g/mol. The Morgan fingerprint density at radius 2 is 1.76 bits per heavy atom. The molecule has 0 saturated heterocycles. The fraction of sp³-hybridized carbons (Fsp3) is 0.316. The number of aromatic nitrogens is 1. The summed E-state index contributed by atoms with van der Waals surface area (Å²) in [5, 5.41) is 0. The first-order valence-corrected chi connectivity index (χ1v) is 10.9. The van der Waals surface area contributed by atoms with Crippen LogP contribution >= 0.6 is 11.3 Å². The summed E-state index contributed by atoms with van der Waals surface area (Å²) in [7, 11) is -3.58. The molecule has 3 aromatic rings. The minimum Gasteiger partial charge on any atom is -0.280 e. The van der Waals surface area contributed by atoms with Crippen molar-refractivity contribution in [1.82, 2.24) is 4.98 Å². The van der Waals surface area contributed by atoms with E-state index in [0.717, 1.165) is 10.2 Å². The van der Waals surface area contributed by atoms with Crippen LogP contribution in [0.2, 0.25) is 0 Å². The summed E-state index contributed by atoms with van der Waals surface area (Å²) in [6.07, 6.45) is 6.27. The summed E-state index contributed by atoms with van der Waals surface area (Å²) < 4.78 is 28.9. The molecule has 0 unspecified atom stereocenters. The van der Waals surface area contributed by atoms with Gasteiger partial charge in [0.1, 0.15) is 0 Å². The van der Waals surface area contributed by atoms with Crippen LogP contribution in [0.1, 0.15) is 43.6 Å². The van der Waals surface area contributed by atoms with Gasteiger partial charge in [0.2, 0.25) is 0 Å². The molecule has 0 spiro atoms. The van der Waals surface area contributed by atoms with Gasteiger partial charge >= 0.3 is 0 Å². The second-order valence-corrected chi connectivity index (χ2v) is 9.11. The average Bonchev–Trinajstić information content (AvgIpc) is 3.10. The fourth-order valence-electron chi connectivity index (χ4n) is 3.49. The fourth-order valence-corrected chi connectivity index (χ4v) is 5.25. The maximum atomic E-state index is 12.6. The van der Waals surface area contributed by atoms with Crippen molar-refractivity contribution in [1.29, 1.82) is 0 Å². The maximum Gasteiger partial charge on any atom is 0.261 e. The minimum absolute atomic E-state index is 0.302. The lowest BCUT2D eigenvalue weighted by molar-refractivity contribution is 0.443. The van der Waals surface area contributed by atoms with Crippen LogP contribution in [0.4, 0.5) is 5.69 Å². The molecule has 0 atom stereocenters. The van der Waals surface area contributed by atoms with Gasteiger partial charge in [0.05, 0.1) is 26.3 Å². The molecule has 0 radical (unpaired) electrons. The predicted molar refractivity (Wildman–Crippen MR) is 103 cm³/mol. The molecule has 2 aromatic carbocycles. The van der Waals surface area contributed by atoms with Crippen LogP contribution in [0.25, 0.3) is 10.2 Å². The Labute approximate surface area is 152 Å². The highest BCUT2D eigenvalue weighted by atomic mass is 32.2. The molecule has 1 fully saturated rings. The highest BCUT2D eigenvalue weighted by molar-refractivity contribution is 7.92. The zero-order valence-electron chi connectivity index (χ0n) is 13.8. The number of fused-ring (bicyclic) bond motifs is 1. The molecular weight excluding hydrogens is 352 g/mol. The van der Waals surface area contributed by atoms with Gasteiger partial charge < -0.3 is 0 Å². The van der Waals surface area contributed by atoms with Crippen LogP contribution < -0.4 is 4.72 Å². The van der Waals surface area contributed by atoms with E-state index in [2.05, 4.69) is 9.71 Å². The number of anilines is 1. The molecular formula is C19H20N2O2S2. The SMILES string of the molecule is O=S(=O)(Nc1ccc2ncsc2c1)c1ccc(C2CCCCC2)cc1. The van der Waals surface area contributed by atoms with E-state index in [1.54, 1.807) is 23.7 Å². The lowest BCUT2D eigenvalue weighted by atomic mass is 9.84. The van der Waals surface area contributed by atoms with Crippen LogP contribution in [0.3, 0.4) is 0 Å². The summed E-state index contributed by atoms with van der Waals surface area (Å²) in [5.74, 6) is 0.576. The van der Waals surface area contributed by atoms with E-state index in [9.17, 15) is 8.42 Å². The van der Waals surface area contributed by atoms with Crippen molar-refractivity contribution in [3.63, 3.8) is 0 Å². The Hall–Kier alpha value is -1.92. The van der Waals surface area contributed by atoms with E-state index >= 15 is 0 Å². The number of sulfonamides is 1. The Morgan fingerprint density at radius 3 is 2.52 bits per heavy atom. The van der Waals surface area contributed by atoms with Crippen molar-refractivity contribution < 1.29 is 8.42 Å². The molecule has 0 amide bonds. The molecule has 4 nitrogen and oxygen atoms in total. The van der Waals surface area contributed by atoms with Crippen molar-refractivity contribution in [2.24, 2.45) is 0 Å². The van der Waals surface area contributed by atoms with E-state index in [1.165, 1.54) is 49.0 Å². The van der Waals surface area contributed by atoms with Crippen molar-refractivity contribution in [3.05, 3.63) is 53.5 Å². The molecule has 130 valence electrons. The number of thiazole rings is 1. The van der Waals surface area contributed by atoms with Gasteiger partial charge in [0, 0.05) is 0 Å². The number of benzene rings is 2. The first-order valence-electron chi connectivity index (χ1n) is 8.58. The number of hydrogen-bond acceptors (Lipinski definition) is 4. The van der Waals surface area contributed by atoms with Gasteiger partial charge in [-0.25, -0.2) is 13.4 Å². The van der Waals surface area contributed by atoms with Gasteiger partial charge in [-0.3, -0.25) is 4.72 Å². The first-order chi connectivity index (χ1) is 12.1. The number of hydrogen-bond donors (Lipinski definition) is 1. The highest BCUT2D eigenvalue weighted by Crippen LogP contribution is 2.33. The standard InChI is InChI=1S/C19H20N2O2S2/c22-25(23,21-16-8-11-18-19(12-16)24-13-20-18)17-9-6-15(7-10-17)14-4-2-1-3-5-14/h6-14,21H,1-5H2. The molecule has 1 N–H and O–H groups in total. The molecule has 6 heteroatoms. The molecule has 1 aliphatic rings. The predicted octanol–water partition coefficient (Wildman–Crippen LogP) is 5.14. The number of nitrogens with zero attached hydrogens (tertiary/aromatic N) is 1. The van der Waals surface area contributed by atoms with Crippen molar-refractivity contribution in [2.45, 2.75) is 42.9 Å².